The Hall–Kier alpha value is -0.820. The number of alkyl halides is 3. The van der Waals surface area contributed by atoms with Crippen molar-refractivity contribution in [1.29, 1.82) is 0 Å². The number of amides is 1. The maximum Gasteiger partial charge on any atom is 0.405 e. The van der Waals surface area contributed by atoms with Gasteiger partial charge in [0.15, 0.2) is 0 Å². The zero-order valence-electron chi connectivity index (χ0n) is 9.68. The van der Waals surface area contributed by atoms with Crippen LogP contribution in [0.4, 0.5) is 13.2 Å². The zero-order chi connectivity index (χ0) is 13.1. The Morgan fingerprint density at radius 2 is 1.94 bits per heavy atom. The van der Waals surface area contributed by atoms with Gasteiger partial charge in [-0.2, -0.15) is 13.2 Å². The monoisotopic (exact) mass is 254 g/mol. The predicted octanol–water partition coefficient (Wildman–Crippen LogP) is 0.512. The summed E-state index contributed by atoms with van der Waals surface area (Å²) in [5.41, 5.74) is -0.723. The maximum absolute atomic E-state index is 11.8. The van der Waals surface area contributed by atoms with Crippen LogP contribution < -0.4 is 5.32 Å². The minimum Gasteiger partial charge on any atom is -0.390 e. The molecule has 0 aromatic rings. The molecule has 1 aliphatic heterocycles. The molecular weight excluding hydrogens is 237 g/mol. The number of carbonyl (C=O) groups is 1. The highest BCUT2D eigenvalue weighted by molar-refractivity contribution is 5.78. The topological polar surface area (TPSA) is 52.6 Å². The van der Waals surface area contributed by atoms with Crippen molar-refractivity contribution >= 4 is 5.91 Å². The predicted molar refractivity (Wildman–Crippen MR) is 55.4 cm³/mol. The average molecular weight is 254 g/mol. The number of halogens is 3. The van der Waals surface area contributed by atoms with E-state index >= 15 is 0 Å². The normalized spacial score (nSPS) is 21.2. The van der Waals surface area contributed by atoms with Crippen molar-refractivity contribution in [1.82, 2.24) is 10.2 Å². The summed E-state index contributed by atoms with van der Waals surface area (Å²) in [4.78, 5) is 12.9. The van der Waals surface area contributed by atoms with Crippen molar-refractivity contribution in [3.05, 3.63) is 0 Å². The number of piperidine rings is 1. The molecule has 1 rings (SSSR count). The fourth-order valence-corrected chi connectivity index (χ4v) is 1.65. The number of likely N-dealkylation sites (tertiary alicyclic amines) is 1. The number of carbonyl (C=O) groups excluding carboxylic acids is 1. The zero-order valence-corrected chi connectivity index (χ0v) is 9.68. The van der Waals surface area contributed by atoms with E-state index in [1.54, 1.807) is 11.8 Å². The number of aliphatic hydroxyl groups is 1. The maximum atomic E-state index is 11.8. The molecule has 1 amide bonds. The highest BCUT2D eigenvalue weighted by Crippen LogP contribution is 2.20. The molecule has 17 heavy (non-hydrogen) atoms. The van der Waals surface area contributed by atoms with Crippen LogP contribution >= 0.6 is 0 Å². The first kappa shape index (κ1) is 14.2. The Labute approximate surface area is 97.8 Å². The van der Waals surface area contributed by atoms with Gasteiger partial charge in [0.05, 0.1) is 12.1 Å². The van der Waals surface area contributed by atoms with Crippen LogP contribution in [-0.2, 0) is 4.79 Å². The molecule has 100 valence electrons. The lowest BCUT2D eigenvalue weighted by Crippen LogP contribution is -2.47. The second kappa shape index (κ2) is 5.22. The largest absolute Gasteiger partial charge is 0.405 e. The molecule has 0 radical (unpaired) electrons. The van der Waals surface area contributed by atoms with E-state index in [9.17, 15) is 23.1 Å². The van der Waals surface area contributed by atoms with E-state index in [0.717, 1.165) is 0 Å². The van der Waals surface area contributed by atoms with E-state index in [1.807, 2.05) is 5.32 Å². The van der Waals surface area contributed by atoms with E-state index in [4.69, 9.17) is 0 Å². The van der Waals surface area contributed by atoms with E-state index in [0.29, 0.717) is 25.9 Å². The lowest BCUT2D eigenvalue weighted by Gasteiger charge is -2.35. The summed E-state index contributed by atoms with van der Waals surface area (Å²) in [6.07, 6.45) is -3.32. The van der Waals surface area contributed by atoms with Crippen LogP contribution in [0.2, 0.25) is 0 Å². The Balaban J connectivity index is 2.24. The van der Waals surface area contributed by atoms with Gasteiger partial charge in [-0.3, -0.25) is 9.69 Å². The fourth-order valence-electron chi connectivity index (χ4n) is 1.65. The molecule has 0 aromatic carbocycles. The molecule has 2 N–H and O–H groups in total. The third-order valence-electron chi connectivity index (χ3n) is 2.79. The molecule has 0 atom stereocenters. The standard InChI is InChI=1S/C10H17F3N2O2/c1-9(17)2-4-15(5-3-9)6-8(16)14-7-10(11,12)13/h17H,2-7H2,1H3,(H,14,16). The van der Waals surface area contributed by atoms with Gasteiger partial charge in [0.1, 0.15) is 6.54 Å². The minimum absolute atomic E-state index is 0.0494. The van der Waals surface area contributed by atoms with Gasteiger partial charge in [-0.15, -0.1) is 0 Å². The fraction of sp³-hybridized carbons (Fsp3) is 0.900. The van der Waals surface area contributed by atoms with Crippen LogP contribution in [0.1, 0.15) is 19.8 Å². The summed E-state index contributed by atoms with van der Waals surface area (Å²) in [6.45, 7) is 1.41. The van der Waals surface area contributed by atoms with E-state index in [1.165, 1.54) is 0 Å². The number of nitrogens with one attached hydrogen (secondary N) is 1. The Kier molecular flexibility index (Phi) is 4.37. The molecule has 1 fully saturated rings. The van der Waals surface area contributed by atoms with Gasteiger partial charge < -0.3 is 10.4 Å². The van der Waals surface area contributed by atoms with Crippen LogP contribution in [0.5, 0.6) is 0 Å². The molecule has 0 spiro atoms. The van der Waals surface area contributed by atoms with Crippen LogP contribution in [0, 0.1) is 0 Å². The van der Waals surface area contributed by atoms with Gasteiger partial charge in [0.2, 0.25) is 5.91 Å². The Bertz CT molecular complexity index is 269. The third-order valence-corrected chi connectivity index (χ3v) is 2.79. The van der Waals surface area contributed by atoms with Gasteiger partial charge in [-0.05, 0) is 19.8 Å². The van der Waals surface area contributed by atoms with E-state index < -0.39 is 24.2 Å². The summed E-state index contributed by atoms with van der Waals surface area (Å²) in [6, 6.07) is 0. The highest BCUT2D eigenvalue weighted by Gasteiger charge is 2.30. The lowest BCUT2D eigenvalue weighted by molar-refractivity contribution is -0.139. The third kappa shape index (κ3) is 5.88. The molecule has 0 unspecified atom stereocenters. The quantitative estimate of drug-likeness (QED) is 0.771. The smallest absolute Gasteiger partial charge is 0.390 e. The van der Waals surface area contributed by atoms with Crippen molar-refractivity contribution in [3.8, 4) is 0 Å². The molecule has 0 saturated carbocycles. The number of rotatable bonds is 3. The van der Waals surface area contributed by atoms with Crippen molar-refractivity contribution < 1.29 is 23.1 Å². The molecule has 7 heteroatoms. The van der Waals surface area contributed by atoms with Crippen LogP contribution in [0.25, 0.3) is 0 Å². The molecule has 0 aromatic heterocycles. The van der Waals surface area contributed by atoms with Gasteiger partial charge >= 0.3 is 6.18 Å². The van der Waals surface area contributed by atoms with Gasteiger partial charge in [-0.1, -0.05) is 0 Å². The Morgan fingerprint density at radius 1 is 1.41 bits per heavy atom. The highest BCUT2D eigenvalue weighted by atomic mass is 19.4. The Morgan fingerprint density at radius 3 is 2.41 bits per heavy atom. The number of nitrogens with zero attached hydrogens (tertiary/aromatic N) is 1. The SMILES string of the molecule is CC1(O)CCN(CC(=O)NCC(F)(F)F)CC1. The van der Waals surface area contributed by atoms with Crippen LogP contribution in [-0.4, -0.2) is 53.9 Å². The molecule has 1 saturated heterocycles. The number of hydrogen-bond acceptors (Lipinski definition) is 3. The summed E-state index contributed by atoms with van der Waals surface area (Å²) in [5.74, 6) is -0.635. The summed E-state index contributed by atoms with van der Waals surface area (Å²) in [5, 5.41) is 11.5. The summed E-state index contributed by atoms with van der Waals surface area (Å²) in [7, 11) is 0. The van der Waals surface area contributed by atoms with E-state index in [-0.39, 0.29) is 6.54 Å². The first-order valence-electron chi connectivity index (χ1n) is 5.46. The van der Waals surface area contributed by atoms with Crippen LogP contribution in [0.3, 0.4) is 0 Å². The first-order chi connectivity index (χ1) is 7.68. The first-order valence-corrected chi connectivity index (χ1v) is 5.46. The van der Waals surface area contributed by atoms with Crippen molar-refractivity contribution in [2.45, 2.75) is 31.5 Å². The second-order valence-corrected chi connectivity index (χ2v) is 4.66. The number of hydrogen-bond donors (Lipinski definition) is 2. The molecular formula is C10H17F3N2O2. The molecule has 4 nitrogen and oxygen atoms in total. The molecule has 0 aliphatic carbocycles. The van der Waals surface area contributed by atoms with Crippen LogP contribution in [0.15, 0.2) is 0 Å². The molecule has 1 aliphatic rings. The van der Waals surface area contributed by atoms with E-state index in [2.05, 4.69) is 0 Å². The average Bonchev–Trinajstić information content (AvgIpc) is 2.17. The van der Waals surface area contributed by atoms with Crippen molar-refractivity contribution in [3.63, 3.8) is 0 Å². The summed E-state index contributed by atoms with van der Waals surface area (Å²) < 4.78 is 35.5. The molecule has 1 heterocycles. The summed E-state index contributed by atoms with van der Waals surface area (Å²) >= 11 is 0. The van der Waals surface area contributed by atoms with Gasteiger partial charge in [-0.25, -0.2) is 0 Å². The van der Waals surface area contributed by atoms with Gasteiger partial charge in [0.25, 0.3) is 0 Å². The molecule has 0 bridgehead atoms. The second-order valence-electron chi connectivity index (χ2n) is 4.66. The van der Waals surface area contributed by atoms with Gasteiger partial charge in [0, 0.05) is 13.1 Å². The van der Waals surface area contributed by atoms with Crippen molar-refractivity contribution in [2.75, 3.05) is 26.2 Å². The van der Waals surface area contributed by atoms with Crippen molar-refractivity contribution in [2.24, 2.45) is 0 Å². The minimum atomic E-state index is -4.37. The lowest BCUT2D eigenvalue weighted by atomic mass is 9.94.